The van der Waals surface area contributed by atoms with Crippen LogP contribution in [0, 0.1) is 0 Å². The maximum absolute atomic E-state index is 13.2. The first-order valence-electron chi connectivity index (χ1n) is 9.62. The minimum Gasteiger partial charge on any atom is -0.405 e. The lowest BCUT2D eigenvalue weighted by Crippen LogP contribution is -2.42. The summed E-state index contributed by atoms with van der Waals surface area (Å²) in [4.78, 5) is 13.0. The van der Waals surface area contributed by atoms with E-state index in [9.17, 15) is 22.4 Å². The van der Waals surface area contributed by atoms with Crippen molar-refractivity contribution in [1.82, 2.24) is 21.0 Å². The Morgan fingerprint density at radius 2 is 2.00 bits per heavy atom. The third-order valence-electron chi connectivity index (χ3n) is 4.92. The van der Waals surface area contributed by atoms with Crippen molar-refractivity contribution in [3.8, 4) is 5.75 Å². The van der Waals surface area contributed by atoms with Gasteiger partial charge in [0, 0.05) is 11.3 Å². The van der Waals surface area contributed by atoms with Crippen molar-refractivity contribution in [3.05, 3.63) is 76.7 Å². The first-order chi connectivity index (χ1) is 15.1. The summed E-state index contributed by atoms with van der Waals surface area (Å²) < 4.78 is 55.9. The van der Waals surface area contributed by atoms with Gasteiger partial charge in [0.1, 0.15) is 29.3 Å². The monoisotopic (exact) mass is 449 g/mol. The maximum Gasteiger partial charge on any atom is 0.573 e. The van der Waals surface area contributed by atoms with E-state index >= 15 is 0 Å². The molecule has 3 heterocycles. The second kappa shape index (κ2) is 8.06. The SMILES string of the molecule is CC1=CC(c2ccccc2OC(F)(F)F)=NN2C(C(=O)NC3=CC=C(F)CN3)=C(C)NC12. The Labute approximate surface area is 180 Å². The molecule has 1 atom stereocenters. The van der Waals surface area contributed by atoms with Gasteiger partial charge in [-0.15, -0.1) is 13.2 Å². The number of nitrogens with zero attached hydrogens (tertiary/aromatic N) is 2. The molecular weight excluding hydrogens is 430 g/mol. The second-order valence-electron chi connectivity index (χ2n) is 7.28. The summed E-state index contributed by atoms with van der Waals surface area (Å²) in [6.45, 7) is 3.42. The zero-order chi connectivity index (χ0) is 23.0. The molecule has 168 valence electrons. The van der Waals surface area contributed by atoms with Crippen molar-refractivity contribution in [2.75, 3.05) is 6.54 Å². The van der Waals surface area contributed by atoms with E-state index in [1.54, 1.807) is 26.0 Å². The van der Waals surface area contributed by atoms with E-state index in [0.717, 1.165) is 5.57 Å². The molecular formula is C21H19F4N5O2. The molecule has 0 radical (unpaired) electrons. The first-order valence-corrected chi connectivity index (χ1v) is 9.62. The highest BCUT2D eigenvalue weighted by molar-refractivity contribution is 6.11. The molecule has 0 bridgehead atoms. The first kappa shape index (κ1) is 21.5. The molecule has 7 nitrogen and oxygen atoms in total. The number of carbonyl (C=O) groups excluding carboxylic acids is 1. The molecule has 3 N–H and O–H groups in total. The van der Waals surface area contributed by atoms with E-state index in [4.69, 9.17) is 0 Å². The van der Waals surface area contributed by atoms with Gasteiger partial charge in [0.25, 0.3) is 5.91 Å². The Hall–Kier alpha value is -3.76. The Kier molecular flexibility index (Phi) is 5.41. The molecule has 0 saturated heterocycles. The lowest BCUT2D eigenvalue weighted by atomic mass is 10.0. The summed E-state index contributed by atoms with van der Waals surface area (Å²) in [5, 5.41) is 14.4. The lowest BCUT2D eigenvalue weighted by Gasteiger charge is -2.29. The zero-order valence-corrected chi connectivity index (χ0v) is 17.0. The van der Waals surface area contributed by atoms with Gasteiger partial charge in [-0.25, -0.2) is 9.40 Å². The Balaban J connectivity index is 1.66. The van der Waals surface area contributed by atoms with Crippen LogP contribution in [0.5, 0.6) is 5.75 Å². The zero-order valence-electron chi connectivity index (χ0n) is 17.0. The fourth-order valence-electron chi connectivity index (χ4n) is 3.53. The highest BCUT2D eigenvalue weighted by atomic mass is 19.4. The Morgan fingerprint density at radius 1 is 1.25 bits per heavy atom. The van der Waals surface area contributed by atoms with Crippen molar-refractivity contribution in [3.63, 3.8) is 0 Å². The molecule has 3 aliphatic rings. The number of nitrogens with one attached hydrogen (secondary N) is 3. The van der Waals surface area contributed by atoms with Crippen molar-refractivity contribution >= 4 is 11.6 Å². The van der Waals surface area contributed by atoms with Gasteiger partial charge < -0.3 is 20.7 Å². The number of hydrogen-bond donors (Lipinski definition) is 3. The van der Waals surface area contributed by atoms with E-state index in [0.29, 0.717) is 11.5 Å². The van der Waals surface area contributed by atoms with Crippen LogP contribution in [0.15, 0.2) is 76.2 Å². The smallest absolute Gasteiger partial charge is 0.405 e. The van der Waals surface area contributed by atoms with Crippen molar-refractivity contribution < 1.29 is 27.1 Å². The summed E-state index contributed by atoms with van der Waals surface area (Å²) in [5.41, 5.74) is 1.79. The number of ether oxygens (including phenoxy) is 1. The van der Waals surface area contributed by atoms with E-state index in [2.05, 4.69) is 25.8 Å². The minimum absolute atomic E-state index is 0.0468. The quantitative estimate of drug-likeness (QED) is 0.616. The topological polar surface area (TPSA) is 78.0 Å². The number of para-hydroxylation sites is 1. The molecule has 32 heavy (non-hydrogen) atoms. The lowest BCUT2D eigenvalue weighted by molar-refractivity contribution is -0.274. The Bertz CT molecular complexity index is 1120. The van der Waals surface area contributed by atoms with Gasteiger partial charge in [0.2, 0.25) is 0 Å². The van der Waals surface area contributed by atoms with E-state index < -0.39 is 24.2 Å². The summed E-state index contributed by atoms with van der Waals surface area (Å²) in [5.74, 6) is -0.959. The molecule has 4 rings (SSSR count). The van der Waals surface area contributed by atoms with Crippen LogP contribution >= 0.6 is 0 Å². The predicted molar refractivity (Wildman–Crippen MR) is 108 cm³/mol. The normalized spacial score (nSPS) is 20.3. The predicted octanol–water partition coefficient (Wildman–Crippen LogP) is 3.13. The number of benzene rings is 1. The van der Waals surface area contributed by atoms with Gasteiger partial charge in [-0.3, -0.25) is 4.79 Å². The third-order valence-corrected chi connectivity index (χ3v) is 4.92. The Morgan fingerprint density at radius 3 is 2.69 bits per heavy atom. The van der Waals surface area contributed by atoms with Gasteiger partial charge in [-0.1, -0.05) is 12.1 Å². The van der Waals surface area contributed by atoms with Crippen LogP contribution in [0.4, 0.5) is 17.6 Å². The van der Waals surface area contributed by atoms with Crippen molar-refractivity contribution in [2.24, 2.45) is 5.10 Å². The number of halogens is 4. The number of hydrazone groups is 1. The molecule has 0 fully saturated rings. The highest BCUT2D eigenvalue weighted by Gasteiger charge is 2.38. The third kappa shape index (κ3) is 4.32. The molecule has 0 aliphatic carbocycles. The van der Waals surface area contributed by atoms with E-state index in [1.165, 1.54) is 35.4 Å². The molecule has 1 aromatic rings. The number of allylic oxidation sites excluding steroid dienone is 4. The van der Waals surface area contributed by atoms with Crippen LogP contribution in [0.25, 0.3) is 0 Å². The van der Waals surface area contributed by atoms with Crippen LogP contribution in [-0.4, -0.2) is 35.7 Å². The number of amides is 1. The maximum atomic E-state index is 13.2. The molecule has 3 aliphatic heterocycles. The van der Waals surface area contributed by atoms with Crippen LogP contribution in [-0.2, 0) is 4.79 Å². The van der Waals surface area contributed by atoms with Gasteiger partial charge in [0.15, 0.2) is 0 Å². The van der Waals surface area contributed by atoms with E-state index in [1.807, 2.05) is 0 Å². The molecule has 1 amide bonds. The number of rotatable bonds is 4. The molecule has 0 spiro atoms. The summed E-state index contributed by atoms with van der Waals surface area (Å²) >= 11 is 0. The second-order valence-corrected chi connectivity index (χ2v) is 7.28. The summed E-state index contributed by atoms with van der Waals surface area (Å²) in [7, 11) is 0. The molecule has 0 aromatic heterocycles. The summed E-state index contributed by atoms with van der Waals surface area (Å²) in [6, 6.07) is 5.66. The van der Waals surface area contributed by atoms with Gasteiger partial charge in [-0.2, -0.15) is 5.10 Å². The summed E-state index contributed by atoms with van der Waals surface area (Å²) in [6.07, 6.45) is -1.06. The van der Waals surface area contributed by atoms with Crippen LogP contribution in [0.2, 0.25) is 0 Å². The van der Waals surface area contributed by atoms with Gasteiger partial charge >= 0.3 is 6.36 Å². The fraction of sp³-hybridized carbons (Fsp3) is 0.238. The van der Waals surface area contributed by atoms with Crippen molar-refractivity contribution in [1.29, 1.82) is 0 Å². The fourth-order valence-corrected chi connectivity index (χ4v) is 3.53. The molecule has 1 aromatic carbocycles. The van der Waals surface area contributed by atoms with Gasteiger partial charge in [-0.05, 0) is 49.8 Å². The number of hydrogen-bond acceptors (Lipinski definition) is 6. The standard InChI is InChI=1S/C21H19F4N5O2/c1-11-9-15(14-5-3-4-6-16(14)32-21(23,24)25)29-30-18(12(2)27-19(11)30)20(31)28-17-8-7-13(22)10-26-17/h3-9,19,26-27H,10H2,1-2H3,(H,28,31). The highest BCUT2D eigenvalue weighted by Crippen LogP contribution is 2.32. The number of fused-ring (bicyclic) bond motifs is 1. The molecule has 11 heteroatoms. The number of carbonyl (C=O) groups is 1. The number of alkyl halides is 3. The van der Waals surface area contributed by atoms with Crippen LogP contribution < -0.4 is 20.7 Å². The molecule has 1 unspecified atom stereocenters. The van der Waals surface area contributed by atoms with Crippen LogP contribution in [0.1, 0.15) is 19.4 Å². The van der Waals surface area contributed by atoms with Crippen LogP contribution in [0.3, 0.4) is 0 Å². The average Bonchev–Trinajstić information content (AvgIpc) is 3.05. The largest absolute Gasteiger partial charge is 0.573 e. The van der Waals surface area contributed by atoms with Gasteiger partial charge in [0.05, 0.1) is 12.3 Å². The average molecular weight is 449 g/mol. The van der Waals surface area contributed by atoms with Crippen molar-refractivity contribution in [2.45, 2.75) is 26.4 Å². The minimum atomic E-state index is -4.86. The molecule has 0 saturated carbocycles. The van der Waals surface area contributed by atoms with E-state index in [-0.39, 0.29) is 29.3 Å². The number of dihydropyridines is 1.